The van der Waals surface area contributed by atoms with Gasteiger partial charge in [0.2, 0.25) is 0 Å². The zero-order valence-electron chi connectivity index (χ0n) is 13.1. The Morgan fingerprint density at radius 2 is 1.92 bits per heavy atom. The maximum atomic E-state index is 13.1. The highest BCUT2D eigenvalue weighted by atomic mass is 32.1. The Morgan fingerprint density at radius 1 is 1.12 bits per heavy atom. The van der Waals surface area contributed by atoms with Crippen molar-refractivity contribution in [2.45, 2.75) is 0 Å². The van der Waals surface area contributed by atoms with Crippen molar-refractivity contribution in [2.75, 3.05) is 5.32 Å². The minimum Gasteiger partial charge on any atom is -0.322 e. The second kappa shape index (κ2) is 7.56. The Bertz CT molecular complexity index is 954. The highest BCUT2D eigenvalue weighted by molar-refractivity contribution is 7.11. The van der Waals surface area contributed by atoms with E-state index < -0.39 is 0 Å². The lowest BCUT2D eigenvalue weighted by Crippen LogP contribution is -2.13. The van der Waals surface area contributed by atoms with Crippen LogP contribution in [0, 0.1) is 17.1 Å². The molecule has 1 aromatic heterocycles. The number of carbonyl (C=O) groups excluding carboxylic acids is 1. The molecule has 5 heteroatoms. The van der Waals surface area contributed by atoms with Gasteiger partial charge in [0, 0.05) is 10.6 Å². The molecule has 0 spiro atoms. The summed E-state index contributed by atoms with van der Waals surface area (Å²) in [6.07, 6.45) is 1.72. The molecule has 122 valence electrons. The van der Waals surface area contributed by atoms with Gasteiger partial charge in [-0.05, 0) is 53.4 Å². The van der Waals surface area contributed by atoms with E-state index in [9.17, 15) is 9.18 Å². The molecule has 0 saturated heterocycles. The van der Waals surface area contributed by atoms with Gasteiger partial charge < -0.3 is 5.32 Å². The van der Waals surface area contributed by atoms with Gasteiger partial charge >= 0.3 is 0 Å². The van der Waals surface area contributed by atoms with Gasteiger partial charge in [0.1, 0.15) is 5.82 Å². The number of anilines is 1. The molecule has 1 N–H and O–H groups in total. The van der Waals surface area contributed by atoms with Crippen LogP contribution in [0.3, 0.4) is 0 Å². The number of amides is 1. The molecule has 0 saturated carbocycles. The second-order valence-corrected chi connectivity index (χ2v) is 6.18. The molecule has 0 fully saturated rings. The molecule has 0 aliphatic carbocycles. The van der Waals surface area contributed by atoms with Gasteiger partial charge in [-0.15, -0.1) is 11.3 Å². The molecule has 0 radical (unpaired) electrons. The molecule has 1 amide bonds. The maximum Gasteiger partial charge on any atom is 0.257 e. The Kier molecular flexibility index (Phi) is 5.03. The predicted molar refractivity (Wildman–Crippen MR) is 98.4 cm³/mol. The van der Waals surface area contributed by atoms with Crippen molar-refractivity contribution in [1.29, 1.82) is 5.26 Å². The van der Waals surface area contributed by atoms with Gasteiger partial charge in [-0.3, -0.25) is 4.79 Å². The molecule has 3 rings (SSSR count). The van der Waals surface area contributed by atoms with E-state index in [4.69, 9.17) is 5.26 Å². The molecule has 0 atom stereocenters. The lowest BCUT2D eigenvalue weighted by molar-refractivity contribution is -0.111. The average Bonchev–Trinajstić information content (AvgIpc) is 3.15. The van der Waals surface area contributed by atoms with Gasteiger partial charge in [-0.2, -0.15) is 5.26 Å². The third-order valence-corrected chi connectivity index (χ3v) is 4.36. The van der Waals surface area contributed by atoms with E-state index in [1.807, 2.05) is 23.6 Å². The van der Waals surface area contributed by atoms with Crippen molar-refractivity contribution in [2.24, 2.45) is 0 Å². The van der Waals surface area contributed by atoms with E-state index in [2.05, 4.69) is 5.32 Å². The Morgan fingerprint density at radius 3 is 2.60 bits per heavy atom. The van der Waals surface area contributed by atoms with E-state index in [-0.39, 0.29) is 11.7 Å². The molecule has 3 nitrogen and oxygen atoms in total. The zero-order chi connectivity index (χ0) is 17.6. The van der Waals surface area contributed by atoms with E-state index in [1.165, 1.54) is 23.5 Å². The van der Waals surface area contributed by atoms with Crippen LogP contribution >= 0.6 is 11.3 Å². The number of carbonyl (C=O) groups is 1. The molecule has 25 heavy (non-hydrogen) atoms. The van der Waals surface area contributed by atoms with E-state index in [0.717, 1.165) is 10.4 Å². The van der Waals surface area contributed by atoms with Gasteiger partial charge in [0.05, 0.1) is 17.2 Å². The van der Waals surface area contributed by atoms with Crippen LogP contribution in [0.2, 0.25) is 0 Å². The van der Waals surface area contributed by atoms with Crippen LogP contribution < -0.4 is 5.32 Å². The normalized spacial score (nSPS) is 11.0. The lowest BCUT2D eigenvalue weighted by atomic mass is 10.1. The molecule has 3 aromatic rings. The molecule has 1 heterocycles. The van der Waals surface area contributed by atoms with Crippen molar-refractivity contribution in [3.63, 3.8) is 0 Å². The summed E-state index contributed by atoms with van der Waals surface area (Å²) < 4.78 is 13.1. The number of rotatable bonds is 4. The van der Waals surface area contributed by atoms with Crippen LogP contribution in [-0.2, 0) is 4.79 Å². The van der Waals surface area contributed by atoms with Crippen LogP contribution in [0.4, 0.5) is 10.1 Å². The van der Waals surface area contributed by atoms with Gasteiger partial charge in [0.25, 0.3) is 5.91 Å². The SMILES string of the molecule is N#Cc1cccc(NC(=O)C(=Cc2ccc(F)cc2)c2cccs2)c1. The van der Waals surface area contributed by atoms with Crippen LogP contribution in [0.1, 0.15) is 16.0 Å². The van der Waals surface area contributed by atoms with Gasteiger partial charge in [-0.1, -0.05) is 24.3 Å². The number of benzene rings is 2. The monoisotopic (exact) mass is 348 g/mol. The first-order chi connectivity index (χ1) is 12.2. The van der Waals surface area contributed by atoms with Crippen LogP contribution in [0.5, 0.6) is 0 Å². The highest BCUT2D eigenvalue weighted by Gasteiger charge is 2.14. The van der Waals surface area contributed by atoms with Crippen LogP contribution in [0.25, 0.3) is 11.6 Å². The first-order valence-corrected chi connectivity index (χ1v) is 8.36. The molecular weight excluding hydrogens is 335 g/mol. The smallest absolute Gasteiger partial charge is 0.257 e. The largest absolute Gasteiger partial charge is 0.322 e. The summed E-state index contributed by atoms with van der Waals surface area (Å²) in [7, 11) is 0. The van der Waals surface area contributed by atoms with Gasteiger partial charge in [0.15, 0.2) is 0 Å². The summed E-state index contributed by atoms with van der Waals surface area (Å²) in [6, 6.07) is 18.4. The van der Waals surface area contributed by atoms with Crippen LogP contribution in [-0.4, -0.2) is 5.91 Å². The lowest BCUT2D eigenvalue weighted by Gasteiger charge is -2.08. The van der Waals surface area contributed by atoms with Crippen molar-refractivity contribution in [3.8, 4) is 6.07 Å². The highest BCUT2D eigenvalue weighted by Crippen LogP contribution is 2.25. The quantitative estimate of drug-likeness (QED) is 0.679. The van der Waals surface area contributed by atoms with E-state index in [0.29, 0.717) is 16.8 Å². The molecular formula is C20H13FN2OS. The number of nitrogens with one attached hydrogen (secondary N) is 1. The standard InChI is InChI=1S/C20H13FN2OS/c21-16-8-6-14(7-9-16)12-18(19-5-2-10-25-19)20(24)23-17-4-1-3-15(11-17)13-22/h1-12H,(H,23,24). The minimum absolute atomic E-state index is 0.290. The Labute approximate surface area is 148 Å². The summed E-state index contributed by atoms with van der Waals surface area (Å²) in [4.78, 5) is 13.6. The third kappa shape index (κ3) is 4.19. The summed E-state index contributed by atoms with van der Waals surface area (Å²) >= 11 is 1.44. The van der Waals surface area contributed by atoms with Gasteiger partial charge in [-0.25, -0.2) is 4.39 Å². The molecule has 2 aromatic carbocycles. The molecule has 0 aliphatic rings. The average molecular weight is 348 g/mol. The maximum absolute atomic E-state index is 13.1. The van der Waals surface area contributed by atoms with Crippen molar-refractivity contribution in [1.82, 2.24) is 0 Å². The second-order valence-electron chi connectivity index (χ2n) is 5.23. The first-order valence-electron chi connectivity index (χ1n) is 7.48. The molecule has 0 bridgehead atoms. The van der Waals surface area contributed by atoms with Crippen molar-refractivity contribution < 1.29 is 9.18 Å². The fourth-order valence-electron chi connectivity index (χ4n) is 2.27. The Hall–Kier alpha value is -3.23. The molecule has 0 aliphatic heterocycles. The Balaban J connectivity index is 1.93. The predicted octanol–water partition coefficient (Wildman–Crippen LogP) is 4.94. The minimum atomic E-state index is -0.326. The fraction of sp³-hybridized carbons (Fsp3) is 0. The summed E-state index contributed by atoms with van der Waals surface area (Å²) in [5, 5.41) is 13.7. The number of halogens is 1. The number of hydrogen-bond donors (Lipinski definition) is 1. The van der Waals surface area contributed by atoms with E-state index >= 15 is 0 Å². The zero-order valence-corrected chi connectivity index (χ0v) is 13.9. The summed E-state index contributed by atoms with van der Waals surface area (Å²) in [5.74, 6) is -0.616. The first kappa shape index (κ1) is 16.6. The summed E-state index contributed by atoms with van der Waals surface area (Å²) in [6.45, 7) is 0. The number of nitrogens with zero attached hydrogens (tertiary/aromatic N) is 1. The number of hydrogen-bond acceptors (Lipinski definition) is 3. The topological polar surface area (TPSA) is 52.9 Å². The van der Waals surface area contributed by atoms with Crippen molar-refractivity contribution >= 4 is 34.6 Å². The van der Waals surface area contributed by atoms with Crippen LogP contribution in [0.15, 0.2) is 66.0 Å². The summed E-state index contributed by atoms with van der Waals surface area (Å²) in [5.41, 5.74) is 2.22. The van der Waals surface area contributed by atoms with Crippen molar-refractivity contribution in [3.05, 3.63) is 87.9 Å². The number of thiophene rings is 1. The van der Waals surface area contributed by atoms with E-state index in [1.54, 1.807) is 42.5 Å². The number of nitriles is 1. The third-order valence-electron chi connectivity index (χ3n) is 3.46. The molecule has 0 unspecified atom stereocenters. The fourth-order valence-corrected chi connectivity index (χ4v) is 3.01.